The van der Waals surface area contributed by atoms with Crippen LogP contribution in [0, 0.1) is 17.0 Å². The second kappa shape index (κ2) is 8.02. The molecule has 4 rings (SSSR count). The number of nitro groups is 1. The Morgan fingerprint density at radius 2 is 1.90 bits per heavy atom. The van der Waals surface area contributed by atoms with Crippen molar-refractivity contribution in [1.82, 2.24) is 9.78 Å². The van der Waals surface area contributed by atoms with Gasteiger partial charge >= 0.3 is 0 Å². The van der Waals surface area contributed by atoms with Crippen LogP contribution >= 0.6 is 0 Å². The van der Waals surface area contributed by atoms with Crippen LogP contribution < -0.4 is 10.2 Å². The summed E-state index contributed by atoms with van der Waals surface area (Å²) in [6.07, 6.45) is 0.491. The molecule has 1 unspecified atom stereocenters. The van der Waals surface area contributed by atoms with Crippen LogP contribution in [0.2, 0.25) is 0 Å². The van der Waals surface area contributed by atoms with Crippen molar-refractivity contribution in [2.45, 2.75) is 19.4 Å². The number of amides is 1. The molecule has 1 aromatic heterocycles. The Morgan fingerprint density at radius 3 is 2.55 bits per heavy atom. The molecule has 9 nitrogen and oxygen atoms in total. The molecule has 2 aromatic carbocycles. The number of ketones is 1. The van der Waals surface area contributed by atoms with Crippen LogP contribution in [-0.4, -0.2) is 39.0 Å². The predicted molar refractivity (Wildman–Crippen MR) is 115 cm³/mol. The van der Waals surface area contributed by atoms with Crippen molar-refractivity contribution in [2.75, 3.05) is 16.8 Å². The van der Waals surface area contributed by atoms with Gasteiger partial charge in [-0.15, -0.1) is 0 Å². The SMILES string of the molecule is Cc1cc(N2CCC(Nc3ccc(C(=O)c4ccccc4)cc3[N+](=O)[O-])C2=O)n(C)n1. The van der Waals surface area contributed by atoms with E-state index in [9.17, 15) is 19.7 Å². The number of nitro benzene ring substituents is 1. The molecule has 1 aliphatic heterocycles. The lowest BCUT2D eigenvalue weighted by Crippen LogP contribution is -2.34. The molecule has 0 aliphatic carbocycles. The number of rotatable bonds is 6. The maximum absolute atomic E-state index is 12.9. The topological polar surface area (TPSA) is 110 Å². The number of carbonyl (C=O) groups excluding carboxylic acids is 2. The molecule has 0 saturated carbocycles. The first-order chi connectivity index (χ1) is 14.8. The molecule has 1 atom stereocenters. The summed E-state index contributed by atoms with van der Waals surface area (Å²) in [4.78, 5) is 38.3. The molecule has 9 heteroatoms. The molecule has 0 bridgehead atoms. The maximum atomic E-state index is 12.9. The zero-order valence-electron chi connectivity index (χ0n) is 17.1. The van der Waals surface area contributed by atoms with Crippen molar-refractivity contribution in [3.8, 4) is 0 Å². The number of benzene rings is 2. The number of nitrogens with zero attached hydrogens (tertiary/aromatic N) is 4. The Labute approximate surface area is 178 Å². The van der Waals surface area contributed by atoms with Crippen LogP contribution in [-0.2, 0) is 11.8 Å². The van der Waals surface area contributed by atoms with Gasteiger partial charge in [0, 0.05) is 36.9 Å². The second-order valence-corrected chi connectivity index (χ2v) is 7.43. The molecule has 2 heterocycles. The van der Waals surface area contributed by atoms with E-state index < -0.39 is 11.0 Å². The highest BCUT2D eigenvalue weighted by atomic mass is 16.6. The fraction of sp³-hybridized carbons (Fsp3) is 0.227. The molecule has 3 aromatic rings. The molecule has 1 amide bonds. The van der Waals surface area contributed by atoms with Crippen molar-refractivity contribution < 1.29 is 14.5 Å². The molecular formula is C22H21N5O4. The van der Waals surface area contributed by atoms with E-state index in [1.54, 1.807) is 47.0 Å². The minimum atomic E-state index is -0.607. The molecule has 31 heavy (non-hydrogen) atoms. The van der Waals surface area contributed by atoms with E-state index in [1.165, 1.54) is 18.2 Å². The zero-order valence-corrected chi connectivity index (χ0v) is 17.1. The van der Waals surface area contributed by atoms with E-state index >= 15 is 0 Å². The summed E-state index contributed by atoms with van der Waals surface area (Å²) in [5.74, 6) is 0.205. The fourth-order valence-corrected chi connectivity index (χ4v) is 3.78. The average Bonchev–Trinajstić information content (AvgIpc) is 3.28. The summed E-state index contributed by atoms with van der Waals surface area (Å²) in [5, 5.41) is 18.9. The number of hydrogen-bond acceptors (Lipinski definition) is 6. The maximum Gasteiger partial charge on any atom is 0.293 e. The van der Waals surface area contributed by atoms with E-state index in [-0.39, 0.29) is 28.6 Å². The summed E-state index contributed by atoms with van der Waals surface area (Å²) in [6.45, 7) is 2.33. The normalized spacial score (nSPS) is 15.9. The highest BCUT2D eigenvalue weighted by molar-refractivity contribution is 6.09. The highest BCUT2D eigenvalue weighted by Gasteiger charge is 2.35. The van der Waals surface area contributed by atoms with Crippen LogP contribution in [0.4, 0.5) is 17.2 Å². The lowest BCUT2D eigenvalue weighted by molar-refractivity contribution is -0.384. The number of aromatic nitrogens is 2. The Balaban J connectivity index is 1.57. The van der Waals surface area contributed by atoms with E-state index in [0.29, 0.717) is 24.3 Å². The minimum Gasteiger partial charge on any atom is -0.368 e. The summed E-state index contributed by atoms with van der Waals surface area (Å²) in [6, 6.07) is 14.1. The van der Waals surface area contributed by atoms with Gasteiger partial charge in [0.2, 0.25) is 0 Å². The Kier molecular flexibility index (Phi) is 5.24. The Hall–Kier alpha value is -4.01. The summed E-state index contributed by atoms with van der Waals surface area (Å²) >= 11 is 0. The third-order valence-electron chi connectivity index (χ3n) is 5.28. The zero-order chi connectivity index (χ0) is 22.1. The van der Waals surface area contributed by atoms with Crippen molar-refractivity contribution in [2.24, 2.45) is 7.05 Å². The van der Waals surface area contributed by atoms with Crippen LogP contribution in [0.3, 0.4) is 0 Å². The molecule has 1 saturated heterocycles. The fourth-order valence-electron chi connectivity index (χ4n) is 3.78. The highest BCUT2D eigenvalue weighted by Crippen LogP contribution is 2.30. The quantitative estimate of drug-likeness (QED) is 0.373. The summed E-state index contributed by atoms with van der Waals surface area (Å²) in [7, 11) is 1.77. The van der Waals surface area contributed by atoms with E-state index in [1.807, 2.05) is 13.0 Å². The van der Waals surface area contributed by atoms with Gasteiger partial charge < -0.3 is 5.32 Å². The van der Waals surface area contributed by atoms with Gasteiger partial charge in [-0.3, -0.25) is 29.3 Å². The first kappa shape index (κ1) is 20.3. The standard InChI is InChI=1S/C22H21N5O4/c1-14-12-20(25(2)24-14)26-11-10-18(22(26)29)23-17-9-8-16(13-19(17)27(30)31)21(28)15-6-4-3-5-7-15/h3-9,12-13,18,23H,10-11H2,1-2H3. The van der Waals surface area contributed by atoms with Crippen LogP contribution in [0.25, 0.3) is 0 Å². The van der Waals surface area contributed by atoms with Crippen molar-refractivity contribution >= 4 is 28.9 Å². The van der Waals surface area contributed by atoms with Gasteiger partial charge in [-0.1, -0.05) is 30.3 Å². The third kappa shape index (κ3) is 3.89. The molecular weight excluding hydrogens is 398 g/mol. The van der Waals surface area contributed by atoms with E-state index in [4.69, 9.17) is 0 Å². The molecule has 0 radical (unpaired) electrons. The molecule has 1 aliphatic rings. The Morgan fingerprint density at radius 1 is 1.16 bits per heavy atom. The smallest absolute Gasteiger partial charge is 0.293 e. The molecule has 1 N–H and O–H groups in total. The Bertz CT molecular complexity index is 1170. The van der Waals surface area contributed by atoms with Gasteiger partial charge in [0.25, 0.3) is 11.6 Å². The molecule has 0 spiro atoms. The van der Waals surface area contributed by atoms with Gasteiger partial charge in [-0.05, 0) is 25.5 Å². The van der Waals surface area contributed by atoms with Crippen LogP contribution in [0.5, 0.6) is 0 Å². The predicted octanol–water partition coefficient (Wildman–Crippen LogP) is 3.09. The monoisotopic (exact) mass is 419 g/mol. The van der Waals surface area contributed by atoms with Gasteiger partial charge in [-0.25, -0.2) is 0 Å². The lowest BCUT2D eigenvalue weighted by atomic mass is 10.0. The molecule has 1 fully saturated rings. The van der Waals surface area contributed by atoms with Gasteiger partial charge in [0.15, 0.2) is 5.78 Å². The third-order valence-corrected chi connectivity index (χ3v) is 5.28. The first-order valence-electron chi connectivity index (χ1n) is 9.82. The van der Waals surface area contributed by atoms with E-state index in [0.717, 1.165) is 5.69 Å². The number of hydrogen-bond donors (Lipinski definition) is 1. The second-order valence-electron chi connectivity index (χ2n) is 7.43. The van der Waals surface area contributed by atoms with E-state index in [2.05, 4.69) is 10.4 Å². The minimum absolute atomic E-state index is 0.179. The lowest BCUT2D eigenvalue weighted by Gasteiger charge is -2.17. The number of nitrogens with one attached hydrogen (secondary N) is 1. The number of aryl methyl sites for hydroxylation is 2. The number of anilines is 2. The van der Waals surface area contributed by atoms with Gasteiger partial charge in [-0.2, -0.15) is 5.10 Å². The number of carbonyl (C=O) groups is 2. The molecule has 158 valence electrons. The largest absolute Gasteiger partial charge is 0.368 e. The van der Waals surface area contributed by atoms with Crippen molar-refractivity contribution in [3.63, 3.8) is 0 Å². The van der Waals surface area contributed by atoms with Crippen LogP contribution in [0.1, 0.15) is 28.0 Å². The average molecular weight is 419 g/mol. The summed E-state index contributed by atoms with van der Waals surface area (Å²) in [5.41, 5.74) is 1.43. The van der Waals surface area contributed by atoms with Gasteiger partial charge in [0.1, 0.15) is 17.5 Å². The summed E-state index contributed by atoms with van der Waals surface area (Å²) < 4.78 is 1.64. The van der Waals surface area contributed by atoms with Crippen molar-refractivity contribution in [1.29, 1.82) is 0 Å². The van der Waals surface area contributed by atoms with Gasteiger partial charge in [0.05, 0.1) is 10.6 Å². The van der Waals surface area contributed by atoms with Crippen molar-refractivity contribution in [3.05, 3.63) is 81.5 Å². The first-order valence-corrected chi connectivity index (χ1v) is 9.82. The van der Waals surface area contributed by atoms with Crippen LogP contribution in [0.15, 0.2) is 54.6 Å².